The standard InChI is InChI=1S/C21H18N4O3S/c1-3-12-24-18(16-10-6-7-11-17(16)28-2)22-23-21(24)29-13-25-19(26)14-8-4-5-9-15(14)20(25)27/h3-11H,1,12-13H2,2H3. The van der Waals surface area contributed by atoms with E-state index in [2.05, 4.69) is 16.8 Å². The fraction of sp³-hybridized carbons (Fsp3) is 0.143. The third-order valence-electron chi connectivity index (χ3n) is 4.58. The number of rotatable bonds is 7. The maximum atomic E-state index is 12.6. The molecule has 1 aromatic heterocycles. The first-order valence-electron chi connectivity index (χ1n) is 8.91. The van der Waals surface area contributed by atoms with Crippen LogP contribution in [-0.4, -0.2) is 44.5 Å². The Hall–Kier alpha value is -3.39. The highest BCUT2D eigenvalue weighted by molar-refractivity contribution is 7.99. The quantitative estimate of drug-likeness (QED) is 0.340. The molecule has 2 aromatic carbocycles. The van der Waals surface area contributed by atoms with Crippen molar-refractivity contribution in [2.24, 2.45) is 0 Å². The SMILES string of the molecule is C=CCn1c(SCN2C(=O)c3ccccc3C2=O)nnc1-c1ccccc1OC. The summed E-state index contributed by atoms with van der Waals surface area (Å²) in [5.41, 5.74) is 1.66. The maximum Gasteiger partial charge on any atom is 0.262 e. The summed E-state index contributed by atoms with van der Waals surface area (Å²) < 4.78 is 7.32. The van der Waals surface area contributed by atoms with Crippen molar-refractivity contribution in [1.82, 2.24) is 19.7 Å². The zero-order valence-electron chi connectivity index (χ0n) is 15.7. The summed E-state index contributed by atoms with van der Waals surface area (Å²) in [6, 6.07) is 14.4. The van der Waals surface area contributed by atoms with Gasteiger partial charge in [0.2, 0.25) is 0 Å². The Balaban J connectivity index is 1.61. The predicted molar refractivity (Wildman–Crippen MR) is 110 cm³/mol. The number of nitrogens with zero attached hydrogens (tertiary/aromatic N) is 4. The molecule has 0 saturated heterocycles. The summed E-state index contributed by atoms with van der Waals surface area (Å²) in [5, 5.41) is 9.17. The zero-order valence-corrected chi connectivity index (χ0v) is 16.6. The van der Waals surface area contributed by atoms with E-state index in [1.807, 2.05) is 28.8 Å². The second-order valence-corrected chi connectivity index (χ2v) is 7.18. The van der Waals surface area contributed by atoms with Crippen LogP contribution in [0.3, 0.4) is 0 Å². The monoisotopic (exact) mass is 406 g/mol. The number of benzene rings is 2. The average molecular weight is 406 g/mol. The number of hydrogen-bond acceptors (Lipinski definition) is 6. The molecule has 0 N–H and O–H groups in total. The first-order valence-corrected chi connectivity index (χ1v) is 9.89. The lowest BCUT2D eigenvalue weighted by atomic mass is 10.1. The van der Waals surface area contributed by atoms with Gasteiger partial charge in [0.25, 0.3) is 11.8 Å². The van der Waals surface area contributed by atoms with Crippen LogP contribution in [0, 0.1) is 0 Å². The molecular formula is C21H18N4O3S. The van der Waals surface area contributed by atoms with Crippen LogP contribution in [0.2, 0.25) is 0 Å². The summed E-state index contributed by atoms with van der Waals surface area (Å²) in [7, 11) is 1.60. The van der Waals surface area contributed by atoms with Gasteiger partial charge in [-0.05, 0) is 24.3 Å². The van der Waals surface area contributed by atoms with Crippen molar-refractivity contribution in [3.8, 4) is 17.1 Å². The van der Waals surface area contributed by atoms with E-state index < -0.39 is 0 Å². The third kappa shape index (κ3) is 3.31. The number of thioether (sulfide) groups is 1. The molecule has 1 aliphatic rings. The number of imide groups is 1. The van der Waals surface area contributed by atoms with Crippen molar-refractivity contribution in [1.29, 1.82) is 0 Å². The largest absolute Gasteiger partial charge is 0.496 e. The topological polar surface area (TPSA) is 77.3 Å². The first kappa shape index (κ1) is 18.9. The fourth-order valence-corrected chi connectivity index (χ4v) is 4.09. The molecule has 0 spiro atoms. The first-order chi connectivity index (χ1) is 14.2. The highest BCUT2D eigenvalue weighted by Gasteiger charge is 2.35. The lowest BCUT2D eigenvalue weighted by molar-refractivity contribution is 0.0684. The van der Waals surface area contributed by atoms with E-state index in [-0.39, 0.29) is 17.7 Å². The normalized spacial score (nSPS) is 12.9. The lowest BCUT2D eigenvalue weighted by Gasteiger charge is -2.14. The number of amides is 2. The van der Waals surface area contributed by atoms with Crippen molar-refractivity contribution < 1.29 is 14.3 Å². The fourth-order valence-electron chi connectivity index (χ4n) is 3.20. The van der Waals surface area contributed by atoms with Crippen LogP contribution in [0.15, 0.2) is 66.3 Å². The zero-order chi connectivity index (χ0) is 20.4. The summed E-state index contributed by atoms with van der Waals surface area (Å²) in [5.74, 6) is 0.873. The number of carbonyl (C=O) groups is 2. The molecule has 0 saturated carbocycles. The molecule has 29 heavy (non-hydrogen) atoms. The van der Waals surface area contributed by atoms with E-state index in [4.69, 9.17) is 4.74 Å². The highest BCUT2D eigenvalue weighted by Crippen LogP contribution is 2.32. The molecule has 0 atom stereocenters. The second-order valence-electron chi connectivity index (χ2n) is 6.26. The van der Waals surface area contributed by atoms with Gasteiger partial charge in [-0.2, -0.15) is 0 Å². The summed E-state index contributed by atoms with van der Waals surface area (Å²) >= 11 is 1.28. The van der Waals surface area contributed by atoms with E-state index in [9.17, 15) is 9.59 Å². The minimum atomic E-state index is -0.294. The Kier molecular flexibility index (Phi) is 5.18. The predicted octanol–water partition coefficient (Wildman–Crippen LogP) is 3.49. The molecule has 0 unspecified atom stereocenters. The van der Waals surface area contributed by atoms with Crippen LogP contribution < -0.4 is 4.74 Å². The number of carbonyl (C=O) groups excluding carboxylic acids is 2. The molecule has 0 fully saturated rings. The molecule has 1 aliphatic heterocycles. The van der Waals surface area contributed by atoms with Gasteiger partial charge in [0.15, 0.2) is 11.0 Å². The Morgan fingerprint density at radius 2 is 1.62 bits per heavy atom. The average Bonchev–Trinajstić information content (AvgIpc) is 3.26. The van der Waals surface area contributed by atoms with Crippen LogP contribution in [-0.2, 0) is 6.54 Å². The molecule has 3 aromatic rings. The Bertz CT molecular complexity index is 1070. The number of aromatic nitrogens is 3. The van der Waals surface area contributed by atoms with Gasteiger partial charge in [0.05, 0.1) is 29.7 Å². The van der Waals surface area contributed by atoms with E-state index in [0.717, 1.165) is 5.56 Å². The molecule has 0 aliphatic carbocycles. The van der Waals surface area contributed by atoms with Gasteiger partial charge in [-0.3, -0.25) is 19.1 Å². The molecule has 7 nitrogen and oxygen atoms in total. The molecule has 8 heteroatoms. The van der Waals surface area contributed by atoms with Crippen molar-refractivity contribution in [2.75, 3.05) is 13.0 Å². The van der Waals surface area contributed by atoms with Crippen molar-refractivity contribution in [3.05, 3.63) is 72.3 Å². The molecule has 0 bridgehead atoms. The number of fused-ring (bicyclic) bond motifs is 1. The van der Waals surface area contributed by atoms with E-state index in [0.29, 0.717) is 34.4 Å². The Morgan fingerprint density at radius 3 is 2.24 bits per heavy atom. The second kappa shape index (κ2) is 7.92. The summed E-state index contributed by atoms with van der Waals surface area (Å²) in [4.78, 5) is 26.4. The van der Waals surface area contributed by atoms with Crippen molar-refractivity contribution in [3.63, 3.8) is 0 Å². The van der Waals surface area contributed by atoms with Crippen LogP contribution >= 0.6 is 11.8 Å². The number of para-hydroxylation sites is 1. The van der Waals surface area contributed by atoms with Crippen LogP contribution in [0.5, 0.6) is 5.75 Å². The van der Waals surface area contributed by atoms with Gasteiger partial charge < -0.3 is 4.74 Å². The Labute approximate surface area is 172 Å². The van der Waals surface area contributed by atoms with Gasteiger partial charge in [-0.25, -0.2) is 0 Å². The number of hydrogen-bond donors (Lipinski definition) is 0. The van der Waals surface area contributed by atoms with Gasteiger partial charge in [-0.15, -0.1) is 16.8 Å². The minimum Gasteiger partial charge on any atom is -0.496 e. The van der Waals surface area contributed by atoms with E-state index in [1.165, 1.54) is 16.7 Å². The number of allylic oxidation sites excluding steroid dienone is 1. The maximum absolute atomic E-state index is 12.6. The smallest absolute Gasteiger partial charge is 0.262 e. The molecule has 2 amide bonds. The van der Waals surface area contributed by atoms with Gasteiger partial charge in [0, 0.05) is 6.54 Å². The highest BCUT2D eigenvalue weighted by atomic mass is 32.2. The van der Waals surface area contributed by atoms with Crippen molar-refractivity contribution >= 4 is 23.6 Å². The van der Waals surface area contributed by atoms with Gasteiger partial charge >= 0.3 is 0 Å². The van der Waals surface area contributed by atoms with Gasteiger partial charge in [0.1, 0.15) is 5.75 Å². The molecule has 4 rings (SSSR count). The van der Waals surface area contributed by atoms with Crippen LogP contribution in [0.1, 0.15) is 20.7 Å². The number of methoxy groups -OCH3 is 1. The Morgan fingerprint density at radius 1 is 1.00 bits per heavy atom. The van der Waals surface area contributed by atoms with E-state index in [1.54, 1.807) is 37.5 Å². The van der Waals surface area contributed by atoms with E-state index >= 15 is 0 Å². The molecule has 0 radical (unpaired) electrons. The molecule has 2 heterocycles. The molecular weight excluding hydrogens is 388 g/mol. The lowest BCUT2D eigenvalue weighted by Crippen LogP contribution is -2.29. The van der Waals surface area contributed by atoms with Crippen LogP contribution in [0.25, 0.3) is 11.4 Å². The van der Waals surface area contributed by atoms with Crippen molar-refractivity contribution in [2.45, 2.75) is 11.7 Å². The summed E-state index contributed by atoms with van der Waals surface area (Å²) in [6.45, 7) is 4.28. The van der Waals surface area contributed by atoms with Crippen LogP contribution in [0.4, 0.5) is 0 Å². The summed E-state index contributed by atoms with van der Waals surface area (Å²) in [6.07, 6.45) is 1.74. The molecule has 146 valence electrons. The minimum absolute atomic E-state index is 0.146. The van der Waals surface area contributed by atoms with Gasteiger partial charge in [-0.1, -0.05) is 42.1 Å². The number of ether oxygens (including phenoxy) is 1. The third-order valence-corrected chi connectivity index (χ3v) is 5.52.